The summed E-state index contributed by atoms with van der Waals surface area (Å²) in [5.74, 6) is 0. The van der Waals surface area contributed by atoms with E-state index in [1.165, 1.54) is 0 Å². The Morgan fingerprint density at radius 1 is 1.00 bits per heavy atom. The van der Waals surface area contributed by atoms with Crippen LogP contribution in [0.25, 0.3) is 0 Å². The van der Waals surface area contributed by atoms with Crippen LogP contribution in [-0.2, 0) is 29.7 Å². The molecule has 1 saturated heterocycles. The van der Waals surface area contributed by atoms with Crippen LogP contribution in [-0.4, -0.2) is 85.7 Å². The van der Waals surface area contributed by atoms with Gasteiger partial charge in [0.15, 0.2) is 0 Å². The first kappa shape index (κ1) is 42.7. The Morgan fingerprint density at radius 2 is 1.25 bits per heavy atom. The van der Waals surface area contributed by atoms with Gasteiger partial charge in [-0.25, -0.2) is 0 Å². The molecule has 132 valence electrons. The fourth-order valence-corrected chi connectivity index (χ4v) is 6.11. The van der Waals surface area contributed by atoms with Gasteiger partial charge in [0.25, 0.3) is 0 Å². The zero-order valence-electron chi connectivity index (χ0n) is 10.2. The van der Waals surface area contributed by atoms with E-state index in [1.807, 2.05) is 19.4 Å². The van der Waals surface area contributed by atoms with Gasteiger partial charge in [0.2, 0.25) is 0 Å². The quantitative estimate of drug-likeness (QED) is 0.255. The second kappa shape index (κ2) is 17.1. The Kier molecular flexibility index (Phi) is 36.6. The zero-order valence-corrected chi connectivity index (χ0v) is 14.3. The average molecular weight is 416 g/mol. The molecule has 0 spiro atoms. The molecule has 1 fully saturated rings. The number of quaternary nitrogens is 1. The molecule has 0 aromatic rings. The van der Waals surface area contributed by atoms with Crippen LogP contribution in [0, 0.1) is 0 Å². The molecule has 0 aromatic carbocycles. The number of nitrogens with two attached hydrogens (primary N) is 1. The van der Waals surface area contributed by atoms with Gasteiger partial charge >= 0.3 is 68.4 Å². The Labute approximate surface area is 121 Å². The number of hydrogen-bond acceptors (Lipinski definition) is 8. The predicted molar refractivity (Wildman–Crippen MR) is 63.1 cm³/mol. The molecular formula is C2H20GaNO14S2. The molecule has 0 bridgehead atoms. The average Bonchev–Trinajstić information content (AvgIpc) is 1.80. The van der Waals surface area contributed by atoms with E-state index in [-0.39, 0.29) is 32.9 Å². The molecule has 1 rings (SSSR count). The third kappa shape index (κ3) is 23.2. The van der Waals surface area contributed by atoms with Crippen LogP contribution in [0.4, 0.5) is 0 Å². The van der Waals surface area contributed by atoms with Crippen molar-refractivity contribution in [2.24, 2.45) is 0 Å². The van der Waals surface area contributed by atoms with Gasteiger partial charge in [-0.2, -0.15) is 0 Å². The monoisotopic (exact) mass is 415 g/mol. The van der Waals surface area contributed by atoms with Crippen molar-refractivity contribution in [1.29, 1.82) is 0 Å². The third-order valence-electron chi connectivity index (χ3n) is 0.589. The molecule has 0 aliphatic carbocycles. The van der Waals surface area contributed by atoms with Crippen molar-refractivity contribution in [2.45, 2.75) is 0 Å². The summed E-state index contributed by atoms with van der Waals surface area (Å²) in [4.78, 5) is 0. The summed E-state index contributed by atoms with van der Waals surface area (Å²) in [5.41, 5.74) is 0. The van der Waals surface area contributed by atoms with Gasteiger partial charge in [-0.05, 0) is 0 Å². The van der Waals surface area contributed by atoms with Gasteiger partial charge in [0, 0.05) is 0 Å². The Morgan fingerprint density at radius 3 is 1.40 bits per heavy atom. The van der Waals surface area contributed by atoms with Crippen molar-refractivity contribution in [3.63, 3.8) is 0 Å². The molecule has 0 atom stereocenters. The van der Waals surface area contributed by atoms with E-state index in [1.54, 1.807) is 0 Å². The van der Waals surface area contributed by atoms with E-state index in [0.717, 1.165) is 0 Å². The molecule has 0 amide bonds. The summed E-state index contributed by atoms with van der Waals surface area (Å²) < 4.78 is 60.6. The minimum absolute atomic E-state index is 0. The van der Waals surface area contributed by atoms with Crippen molar-refractivity contribution in [3.8, 4) is 0 Å². The Hall–Kier alpha value is 0.0964. The van der Waals surface area contributed by atoms with E-state index in [2.05, 4.69) is 8.93 Å². The van der Waals surface area contributed by atoms with E-state index in [9.17, 15) is 21.4 Å². The van der Waals surface area contributed by atoms with Crippen LogP contribution in [0.15, 0.2) is 0 Å². The summed E-state index contributed by atoms with van der Waals surface area (Å²) in [6.45, 7) is 0. The standard InChI is InChI=1S/C2H7N.Ga.2H2O4S.6H2O/c1-3-2;;2*1-5(2,3)4;;;;;;/h3H,1-2H3;;2*(H2,1,2,3,4);6*1H2/q;+3;;;;;;;;/p-3. The van der Waals surface area contributed by atoms with Crippen molar-refractivity contribution < 1.29 is 68.5 Å². The molecule has 0 unspecified atom stereocenters. The predicted octanol–water partition coefficient (Wildman–Crippen LogP) is -8.40. The minimum atomic E-state index is -4.92. The summed E-state index contributed by atoms with van der Waals surface area (Å²) in [6, 6.07) is 0. The summed E-state index contributed by atoms with van der Waals surface area (Å²) >= 11 is -3.68. The first-order chi connectivity index (χ1) is 6.20. The Balaban J connectivity index is -0.0000000348. The molecule has 1 heterocycles. The van der Waals surface area contributed by atoms with Crippen LogP contribution in [0.2, 0.25) is 0 Å². The van der Waals surface area contributed by atoms with Crippen molar-refractivity contribution in [1.82, 2.24) is 0 Å². The second-order valence-corrected chi connectivity index (χ2v) is 9.03. The maximum absolute atomic E-state index is 10.0. The number of rotatable bonds is 2. The third-order valence-corrected chi connectivity index (χ3v) is 9.19. The molecular weight excluding hydrogens is 396 g/mol. The van der Waals surface area contributed by atoms with E-state index >= 15 is 0 Å². The summed E-state index contributed by atoms with van der Waals surface area (Å²) in [5, 5.41) is 2.00. The molecule has 1 aliphatic rings. The van der Waals surface area contributed by atoms with Crippen LogP contribution < -0.4 is 5.32 Å². The van der Waals surface area contributed by atoms with E-state index in [4.69, 9.17) is 0 Å². The topological polar surface area (TPSA) is 325 Å². The van der Waals surface area contributed by atoms with Crippen LogP contribution in [0.5, 0.6) is 0 Å². The fraction of sp³-hybridized carbons (Fsp3) is 1.00. The van der Waals surface area contributed by atoms with Crippen molar-refractivity contribution in [2.75, 3.05) is 14.1 Å². The van der Waals surface area contributed by atoms with Gasteiger partial charge in [-0.1, -0.05) is 0 Å². The Bertz CT molecular complexity index is 351. The molecule has 14 N–H and O–H groups in total. The summed E-state index contributed by atoms with van der Waals surface area (Å²) in [7, 11) is -4.96. The molecule has 18 heteroatoms. The molecule has 1 aliphatic heterocycles. The molecule has 0 saturated carbocycles. The van der Waals surface area contributed by atoms with Gasteiger partial charge in [-0.3, -0.25) is 0 Å². The fourth-order valence-electron chi connectivity index (χ4n) is 0.328. The summed E-state index contributed by atoms with van der Waals surface area (Å²) in [6.07, 6.45) is 0. The first-order valence-electron chi connectivity index (χ1n) is 3.20. The number of hydrogen-bond donors (Lipinski definition) is 1. The molecule has 20 heavy (non-hydrogen) atoms. The second-order valence-electron chi connectivity index (χ2n) is 1.97. The van der Waals surface area contributed by atoms with Gasteiger partial charge in [0.05, 0.1) is 14.1 Å². The normalized spacial score (nSPS) is 13.4. The van der Waals surface area contributed by atoms with Crippen molar-refractivity contribution in [3.05, 3.63) is 0 Å². The van der Waals surface area contributed by atoms with Gasteiger partial charge in [-0.15, -0.1) is 0 Å². The van der Waals surface area contributed by atoms with E-state index < -0.39 is 38.1 Å². The molecule has 0 radical (unpaired) electrons. The first-order valence-corrected chi connectivity index (χ1v) is 8.83. The molecule has 15 nitrogen and oxygen atoms in total. The van der Waals surface area contributed by atoms with E-state index in [0.29, 0.717) is 0 Å². The van der Waals surface area contributed by atoms with Gasteiger partial charge < -0.3 is 38.2 Å². The van der Waals surface area contributed by atoms with Gasteiger partial charge in [0.1, 0.15) is 0 Å². The zero-order chi connectivity index (χ0) is 11.4. The maximum atomic E-state index is 10.0. The van der Waals surface area contributed by atoms with Crippen LogP contribution in [0.3, 0.4) is 0 Å². The SMILES string of the molecule is C[NH2+]C.O.O.O.O.O.O.O=S(=O)([O-])[O][Ga]1[O]S(=O)(=O)[O]1. The van der Waals surface area contributed by atoms with Crippen molar-refractivity contribution >= 4 is 38.1 Å². The van der Waals surface area contributed by atoms with Crippen LogP contribution in [0.1, 0.15) is 0 Å². The van der Waals surface area contributed by atoms with Crippen LogP contribution >= 0.6 is 0 Å². The molecule has 0 aromatic heterocycles.